The molecule has 19 heavy (non-hydrogen) atoms. The first kappa shape index (κ1) is 14.9. The van der Waals surface area contributed by atoms with Crippen molar-refractivity contribution in [1.29, 1.82) is 0 Å². The zero-order valence-corrected chi connectivity index (χ0v) is 14.0. The molecule has 0 bridgehead atoms. The Kier molecular flexibility index (Phi) is 4.94. The molecule has 0 saturated heterocycles. The topological polar surface area (TPSA) is 0 Å². The first-order chi connectivity index (χ1) is 8.97. The summed E-state index contributed by atoms with van der Waals surface area (Å²) in [6.45, 7) is 4.27. The van der Waals surface area contributed by atoms with Gasteiger partial charge in [0.1, 0.15) is 0 Å². The smallest absolute Gasteiger partial charge is 0.0595 e. The highest BCUT2D eigenvalue weighted by Crippen LogP contribution is 2.32. The van der Waals surface area contributed by atoms with Gasteiger partial charge in [-0.25, -0.2) is 0 Å². The zero-order chi connectivity index (χ0) is 14.0. The summed E-state index contributed by atoms with van der Waals surface area (Å²) in [5.74, 6) is 0. The highest BCUT2D eigenvalue weighted by molar-refractivity contribution is 9.09. The number of hydrogen-bond acceptors (Lipinski definition) is 0. The maximum atomic E-state index is 6.05. The molecule has 0 aromatic heterocycles. The summed E-state index contributed by atoms with van der Waals surface area (Å²) >= 11 is 15.7. The van der Waals surface area contributed by atoms with Crippen molar-refractivity contribution >= 4 is 39.1 Å². The van der Waals surface area contributed by atoms with E-state index in [-0.39, 0.29) is 4.83 Å². The van der Waals surface area contributed by atoms with Gasteiger partial charge in [-0.2, -0.15) is 0 Å². The number of alkyl halides is 1. The van der Waals surface area contributed by atoms with Crippen LogP contribution in [0, 0.1) is 13.8 Å². The first-order valence-corrected chi connectivity index (χ1v) is 7.79. The fraction of sp³-hybridized carbons (Fsp3) is 0.250. The Morgan fingerprint density at radius 1 is 0.947 bits per heavy atom. The number of aryl methyl sites for hydroxylation is 2. The van der Waals surface area contributed by atoms with Crippen molar-refractivity contribution in [1.82, 2.24) is 0 Å². The minimum Gasteiger partial charge on any atom is -0.0835 e. The molecule has 0 amide bonds. The Hall–Kier alpha value is -0.500. The Bertz CT molecular complexity index is 593. The number of rotatable bonds is 3. The summed E-state index contributed by atoms with van der Waals surface area (Å²) in [6, 6.07) is 12.3. The number of hydrogen-bond donors (Lipinski definition) is 0. The summed E-state index contributed by atoms with van der Waals surface area (Å²) in [5.41, 5.74) is 5.11. The van der Waals surface area contributed by atoms with Gasteiger partial charge in [-0.15, -0.1) is 0 Å². The van der Waals surface area contributed by atoms with Crippen molar-refractivity contribution in [3.8, 4) is 0 Å². The summed E-state index contributed by atoms with van der Waals surface area (Å²) < 4.78 is 0. The van der Waals surface area contributed by atoms with Crippen molar-refractivity contribution in [2.45, 2.75) is 25.1 Å². The minimum absolute atomic E-state index is 0.240. The van der Waals surface area contributed by atoms with Gasteiger partial charge in [0.2, 0.25) is 0 Å². The summed E-state index contributed by atoms with van der Waals surface area (Å²) in [4.78, 5) is 0.240. The standard InChI is InChI=1S/C16H15BrCl2/c1-10-3-4-12(7-11(10)2)8-14(17)13-5-6-15(18)16(19)9-13/h3-7,9,14H,8H2,1-2H3. The third kappa shape index (κ3) is 3.75. The van der Waals surface area contributed by atoms with E-state index in [9.17, 15) is 0 Å². The molecule has 0 N–H and O–H groups in total. The molecule has 3 heteroatoms. The molecule has 0 nitrogen and oxygen atoms in total. The van der Waals surface area contributed by atoms with Crippen LogP contribution in [0.3, 0.4) is 0 Å². The Morgan fingerprint density at radius 3 is 2.32 bits per heavy atom. The molecule has 1 unspecified atom stereocenters. The molecule has 2 aromatic carbocycles. The van der Waals surface area contributed by atoms with Crippen LogP contribution in [-0.4, -0.2) is 0 Å². The van der Waals surface area contributed by atoms with Crippen molar-refractivity contribution in [3.63, 3.8) is 0 Å². The predicted octanol–water partition coefficient (Wildman–Crippen LogP) is 6.29. The molecular weight excluding hydrogens is 343 g/mol. The third-order valence-corrected chi connectivity index (χ3v) is 4.88. The largest absolute Gasteiger partial charge is 0.0835 e. The van der Waals surface area contributed by atoms with E-state index in [0.717, 1.165) is 12.0 Å². The van der Waals surface area contributed by atoms with E-state index in [2.05, 4.69) is 48.0 Å². The molecule has 2 aromatic rings. The lowest BCUT2D eigenvalue weighted by Crippen LogP contribution is -1.96. The Balaban J connectivity index is 2.17. The van der Waals surface area contributed by atoms with Crippen LogP contribution in [0.15, 0.2) is 36.4 Å². The molecule has 0 aliphatic heterocycles. The highest BCUT2D eigenvalue weighted by Gasteiger charge is 2.10. The lowest BCUT2D eigenvalue weighted by molar-refractivity contribution is 0.945. The van der Waals surface area contributed by atoms with Gasteiger partial charge in [0.05, 0.1) is 10.0 Å². The van der Waals surface area contributed by atoms with Crippen LogP contribution in [0.1, 0.15) is 27.1 Å². The molecule has 0 spiro atoms. The molecule has 0 heterocycles. The Morgan fingerprint density at radius 2 is 1.68 bits per heavy atom. The lowest BCUT2D eigenvalue weighted by atomic mass is 10.0. The summed E-state index contributed by atoms with van der Waals surface area (Å²) in [5, 5.41) is 1.19. The van der Waals surface area contributed by atoms with Gasteiger partial charge in [0.25, 0.3) is 0 Å². The van der Waals surface area contributed by atoms with Gasteiger partial charge < -0.3 is 0 Å². The van der Waals surface area contributed by atoms with Gasteiger partial charge in [-0.1, -0.05) is 63.4 Å². The molecule has 1 atom stereocenters. The molecule has 100 valence electrons. The van der Waals surface area contributed by atoms with Gasteiger partial charge in [0.15, 0.2) is 0 Å². The third-order valence-electron chi connectivity index (χ3n) is 3.29. The molecule has 0 fully saturated rings. The quantitative estimate of drug-likeness (QED) is 0.566. The van der Waals surface area contributed by atoms with Crippen molar-refractivity contribution in [2.24, 2.45) is 0 Å². The average Bonchev–Trinajstić information content (AvgIpc) is 2.37. The van der Waals surface area contributed by atoms with Crippen molar-refractivity contribution in [3.05, 3.63) is 68.7 Å². The Labute approximate surface area is 132 Å². The van der Waals surface area contributed by atoms with Crippen LogP contribution >= 0.6 is 39.1 Å². The molecule has 0 aliphatic carbocycles. The molecule has 0 radical (unpaired) electrons. The van der Waals surface area contributed by atoms with Crippen molar-refractivity contribution in [2.75, 3.05) is 0 Å². The molecule has 0 aliphatic rings. The van der Waals surface area contributed by atoms with Gasteiger partial charge in [-0.05, 0) is 54.7 Å². The van der Waals surface area contributed by atoms with E-state index in [4.69, 9.17) is 23.2 Å². The van der Waals surface area contributed by atoms with Crippen LogP contribution in [0.4, 0.5) is 0 Å². The average molecular weight is 358 g/mol. The second-order valence-electron chi connectivity index (χ2n) is 4.76. The van der Waals surface area contributed by atoms with E-state index in [1.54, 1.807) is 0 Å². The van der Waals surface area contributed by atoms with Gasteiger partial charge in [0, 0.05) is 4.83 Å². The maximum absolute atomic E-state index is 6.05. The maximum Gasteiger partial charge on any atom is 0.0595 e. The predicted molar refractivity (Wildman–Crippen MR) is 87.8 cm³/mol. The monoisotopic (exact) mass is 356 g/mol. The van der Waals surface area contributed by atoms with Crippen LogP contribution in [-0.2, 0) is 6.42 Å². The minimum atomic E-state index is 0.240. The lowest BCUT2D eigenvalue weighted by Gasteiger charge is -2.12. The van der Waals surface area contributed by atoms with Crippen LogP contribution in [0.5, 0.6) is 0 Å². The number of benzene rings is 2. The number of halogens is 3. The van der Waals surface area contributed by atoms with Gasteiger partial charge in [-0.3, -0.25) is 0 Å². The van der Waals surface area contributed by atoms with E-state index < -0.39 is 0 Å². The molecule has 2 rings (SSSR count). The second-order valence-corrected chi connectivity index (χ2v) is 6.68. The van der Waals surface area contributed by atoms with E-state index in [1.807, 2.05) is 18.2 Å². The van der Waals surface area contributed by atoms with Crippen LogP contribution in [0.2, 0.25) is 10.0 Å². The zero-order valence-electron chi connectivity index (χ0n) is 10.9. The summed E-state index contributed by atoms with van der Waals surface area (Å²) in [6.07, 6.45) is 0.930. The molecule has 0 saturated carbocycles. The van der Waals surface area contributed by atoms with Crippen molar-refractivity contribution < 1.29 is 0 Å². The second kappa shape index (κ2) is 6.30. The van der Waals surface area contributed by atoms with E-state index >= 15 is 0 Å². The normalized spacial score (nSPS) is 12.5. The fourth-order valence-corrected chi connectivity index (χ4v) is 2.93. The fourth-order valence-electron chi connectivity index (χ4n) is 1.96. The van der Waals surface area contributed by atoms with Crippen LogP contribution in [0.25, 0.3) is 0 Å². The summed E-state index contributed by atoms with van der Waals surface area (Å²) in [7, 11) is 0. The first-order valence-electron chi connectivity index (χ1n) is 6.12. The SMILES string of the molecule is Cc1ccc(CC(Br)c2ccc(Cl)c(Cl)c2)cc1C. The van der Waals surface area contributed by atoms with E-state index in [0.29, 0.717) is 10.0 Å². The van der Waals surface area contributed by atoms with E-state index in [1.165, 1.54) is 16.7 Å². The van der Waals surface area contributed by atoms with Gasteiger partial charge >= 0.3 is 0 Å². The van der Waals surface area contributed by atoms with Crippen LogP contribution < -0.4 is 0 Å². The molecular formula is C16H15BrCl2. The highest BCUT2D eigenvalue weighted by atomic mass is 79.9.